The first-order chi connectivity index (χ1) is 9.89. The zero-order valence-electron chi connectivity index (χ0n) is 11.5. The normalized spacial score (nSPS) is 14.3. The predicted octanol–water partition coefficient (Wildman–Crippen LogP) is 2.47. The van der Waals surface area contributed by atoms with Gasteiger partial charge >= 0.3 is 0 Å². The number of nitrogens with zero attached hydrogens (tertiary/aromatic N) is 1. The lowest BCUT2D eigenvalue weighted by molar-refractivity contribution is 0.590. The second-order valence-corrected chi connectivity index (χ2v) is 6.99. The fourth-order valence-corrected chi connectivity index (χ4v) is 4.10. The lowest BCUT2D eigenvalue weighted by Crippen LogP contribution is -2.29. The summed E-state index contributed by atoms with van der Waals surface area (Å²) in [5.41, 5.74) is 8.13. The summed E-state index contributed by atoms with van der Waals surface area (Å²) < 4.78 is 40.1. The van der Waals surface area contributed by atoms with Crippen LogP contribution in [-0.2, 0) is 16.4 Å². The maximum atomic E-state index is 13.3. The number of sulfonamides is 1. The first-order valence-corrected chi connectivity index (χ1v) is 8.01. The minimum Gasteiger partial charge on any atom is -0.399 e. The number of halogens is 1. The van der Waals surface area contributed by atoms with Gasteiger partial charge in [-0.25, -0.2) is 12.8 Å². The third kappa shape index (κ3) is 2.25. The van der Waals surface area contributed by atoms with E-state index in [0.717, 1.165) is 5.56 Å². The van der Waals surface area contributed by atoms with Crippen LogP contribution in [0.3, 0.4) is 0 Å². The molecule has 1 aliphatic heterocycles. The highest BCUT2D eigenvalue weighted by atomic mass is 32.2. The van der Waals surface area contributed by atoms with Crippen LogP contribution in [-0.4, -0.2) is 15.0 Å². The minimum atomic E-state index is -3.70. The summed E-state index contributed by atoms with van der Waals surface area (Å²) in [6, 6.07) is 9.10. The van der Waals surface area contributed by atoms with E-state index >= 15 is 0 Å². The summed E-state index contributed by atoms with van der Waals surface area (Å²) in [6.45, 7) is 1.92. The lowest BCUT2D eigenvalue weighted by Gasteiger charge is -2.20. The molecule has 0 radical (unpaired) electrons. The highest BCUT2D eigenvalue weighted by Crippen LogP contribution is 2.34. The Labute approximate surface area is 123 Å². The molecule has 21 heavy (non-hydrogen) atoms. The van der Waals surface area contributed by atoms with Gasteiger partial charge in [0.25, 0.3) is 10.0 Å². The number of hydrogen-bond acceptors (Lipinski definition) is 3. The van der Waals surface area contributed by atoms with Crippen molar-refractivity contribution in [2.24, 2.45) is 0 Å². The van der Waals surface area contributed by atoms with Crippen LogP contribution < -0.4 is 10.0 Å². The number of nitrogen functional groups attached to an aromatic ring is 1. The summed E-state index contributed by atoms with van der Waals surface area (Å²) >= 11 is 0. The fourth-order valence-electron chi connectivity index (χ4n) is 2.52. The van der Waals surface area contributed by atoms with E-state index in [4.69, 9.17) is 5.73 Å². The molecular formula is C15H15FN2O2S. The first kappa shape index (κ1) is 13.9. The molecule has 0 amide bonds. The van der Waals surface area contributed by atoms with Crippen molar-refractivity contribution in [1.29, 1.82) is 0 Å². The van der Waals surface area contributed by atoms with Gasteiger partial charge in [-0.1, -0.05) is 6.07 Å². The third-order valence-corrected chi connectivity index (χ3v) is 5.49. The molecule has 0 aliphatic carbocycles. The molecule has 0 bridgehead atoms. The summed E-state index contributed by atoms with van der Waals surface area (Å²) in [4.78, 5) is 0.0941. The molecular weight excluding hydrogens is 291 g/mol. The molecule has 0 aromatic heterocycles. The van der Waals surface area contributed by atoms with E-state index in [-0.39, 0.29) is 4.90 Å². The van der Waals surface area contributed by atoms with E-state index < -0.39 is 15.8 Å². The van der Waals surface area contributed by atoms with Crippen molar-refractivity contribution in [3.8, 4) is 0 Å². The molecule has 6 heteroatoms. The van der Waals surface area contributed by atoms with E-state index in [1.165, 1.54) is 22.5 Å². The molecule has 0 spiro atoms. The van der Waals surface area contributed by atoms with Crippen molar-refractivity contribution in [3.63, 3.8) is 0 Å². The van der Waals surface area contributed by atoms with Gasteiger partial charge in [0.1, 0.15) is 5.82 Å². The fraction of sp³-hybridized carbons (Fsp3) is 0.200. The summed E-state index contributed by atoms with van der Waals surface area (Å²) in [5, 5.41) is 0. The van der Waals surface area contributed by atoms with Crippen LogP contribution in [0, 0.1) is 12.7 Å². The molecule has 0 atom stereocenters. The zero-order valence-corrected chi connectivity index (χ0v) is 12.3. The number of anilines is 2. The van der Waals surface area contributed by atoms with Crippen LogP contribution in [0.5, 0.6) is 0 Å². The average molecular weight is 306 g/mol. The molecule has 1 heterocycles. The molecule has 1 aliphatic rings. The van der Waals surface area contributed by atoms with Gasteiger partial charge in [0.2, 0.25) is 0 Å². The largest absolute Gasteiger partial charge is 0.399 e. The molecule has 110 valence electrons. The molecule has 3 rings (SSSR count). The molecule has 2 aromatic rings. The third-order valence-electron chi connectivity index (χ3n) is 3.68. The van der Waals surface area contributed by atoms with Crippen LogP contribution >= 0.6 is 0 Å². The van der Waals surface area contributed by atoms with Crippen molar-refractivity contribution < 1.29 is 12.8 Å². The van der Waals surface area contributed by atoms with Gasteiger partial charge < -0.3 is 5.73 Å². The maximum Gasteiger partial charge on any atom is 0.264 e. The van der Waals surface area contributed by atoms with Crippen molar-refractivity contribution in [3.05, 3.63) is 53.3 Å². The Morgan fingerprint density at radius 2 is 1.95 bits per heavy atom. The Morgan fingerprint density at radius 3 is 2.67 bits per heavy atom. The van der Waals surface area contributed by atoms with Crippen molar-refractivity contribution in [1.82, 2.24) is 0 Å². The van der Waals surface area contributed by atoms with Crippen molar-refractivity contribution in [2.45, 2.75) is 18.2 Å². The topological polar surface area (TPSA) is 63.4 Å². The van der Waals surface area contributed by atoms with Crippen LogP contribution in [0.1, 0.15) is 11.1 Å². The number of benzene rings is 2. The maximum absolute atomic E-state index is 13.3. The molecule has 0 unspecified atom stereocenters. The van der Waals surface area contributed by atoms with Crippen LogP contribution in [0.15, 0.2) is 41.3 Å². The smallest absolute Gasteiger partial charge is 0.264 e. The van der Waals surface area contributed by atoms with Gasteiger partial charge in [-0.3, -0.25) is 4.31 Å². The van der Waals surface area contributed by atoms with E-state index in [0.29, 0.717) is 29.9 Å². The van der Waals surface area contributed by atoms with Gasteiger partial charge in [0, 0.05) is 12.2 Å². The Morgan fingerprint density at radius 1 is 1.19 bits per heavy atom. The molecule has 0 fully saturated rings. The Kier molecular flexibility index (Phi) is 3.13. The second-order valence-electron chi connectivity index (χ2n) is 5.13. The molecule has 4 nitrogen and oxygen atoms in total. The van der Waals surface area contributed by atoms with Gasteiger partial charge in [-0.05, 0) is 54.8 Å². The zero-order chi connectivity index (χ0) is 15.2. The number of nitrogens with two attached hydrogens (primary N) is 1. The highest BCUT2D eigenvalue weighted by molar-refractivity contribution is 7.92. The predicted molar refractivity (Wildman–Crippen MR) is 80.2 cm³/mol. The van der Waals surface area contributed by atoms with E-state index in [1.54, 1.807) is 19.1 Å². The number of hydrogen-bond donors (Lipinski definition) is 1. The Hall–Kier alpha value is -2.08. The molecule has 2 aromatic carbocycles. The summed E-state index contributed by atoms with van der Waals surface area (Å²) in [6.07, 6.45) is 0.648. The quantitative estimate of drug-likeness (QED) is 0.867. The van der Waals surface area contributed by atoms with Gasteiger partial charge in [-0.2, -0.15) is 0 Å². The number of aryl methyl sites for hydroxylation is 1. The standard InChI is InChI=1S/C15H15FN2O2S/c1-10-8-13(4-5-14(10)16)21(19,20)18-7-6-11-2-3-12(17)9-15(11)18/h2-5,8-9H,6-7,17H2,1H3. The summed E-state index contributed by atoms with van der Waals surface area (Å²) in [7, 11) is -3.70. The SMILES string of the molecule is Cc1cc(S(=O)(=O)N2CCc3ccc(N)cc32)ccc1F. The first-order valence-electron chi connectivity index (χ1n) is 6.57. The summed E-state index contributed by atoms with van der Waals surface area (Å²) in [5.74, 6) is -0.417. The van der Waals surface area contributed by atoms with E-state index in [2.05, 4.69) is 0 Å². The molecule has 2 N–H and O–H groups in total. The second kappa shape index (κ2) is 4.73. The van der Waals surface area contributed by atoms with Crippen molar-refractivity contribution in [2.75, 3.05) is 16.6 Å². The number of fused-ring (bicyclic) bond motifs is 1. The minimum absolute atomic E-state index is 0.0941. The Balaban J connectivity index is 2.09. The van der Waals surface area contributed by atoms with Gasteiger partial charge in [0.05, 0.1) is 10.6 Å². The highest BCUT2D eigenvalue weighted by Gasteiger charge is 2.31. The van der Waals surface area contributed by atoms with Crippen LogP contribution in [0.2, 0.25) is 0 Å². The Bertz CT molecular complexity index is 818. The lowest BCUT2D eigenvalue weighted by atomic mass is 10.1. The molecule has 0 saturated heterocycles. The van der Waals surface area contributed by atoms with E-state index in [9.17, 15) is 12.8 Å². The van der Waals surface area contributed by atoms with Gasteiger partial charge in [0.15, 0.2) is 0 Å². The van der Waals surface area contributed by atoms with E-state index in [1.807, 2.05) is 6.07 Å². The molecule has 0 saturated carbocycles. The van der Waals surface area contributed by atoms with Gasteiger partial charge in [-0.15, -0.1) is 0 Å². The van der Waals surface area contributed by atoms with Crippen LogP contribution in [0.25, 0.3) is 0 Å². The van der Waals surface area contributed by atoms with Crippen LogP contribution in [0.4, 0.5) is 15.8 Å². The average Bonchev–Trinajstić information content (AvgIpc) is 2.85. The number of rotatable bonds is 2. The monoisotopic (exact) mass is 306 g/mol. The van der Waals surface area contributed by atoms with Crippen molar-refractivity contribution >= 4 is 21.4 Å².